The summed E-state index contributed by atoms with van der Waals surface area (Å²) in [4.78, 5) is 5.42. The second-order valence-corrected chi connectivity index (χ2v) is 4.76. The molecule has 0 saturated heterocycles. The first kappa shape index (κ1) is 11.3. The lowest BCUT2D eigenvalue weighted by molar-refractivity contribution is 0.416. The summed E-state index contributed by atoms with van der Waals surface area (Å²) in [6, 6.07) is 7.96. The number of thiazole rings is 1. The van der Waals surface area contributed by atoms with Crippen LogP contribution in [0.3, 0.4) is 0 Å². The second kappa shape index (κ2) is 4.44. The van der Waals surface area contributed by atoms with Crippen molar-refractivity contribution in [3.05, 3.63) is 41.7 Å². The molecule has 1 aromatic carbocycles. The van der Waals surface area contributed by atoms with Gasteiger partial charge in [0.05, 0.1) is 25.5 Å². The van der Waals surface area contributed by atoms with E-state index in [0.717, 1.165) is 27.7 Å². The first-order valence-corrected chi connectivity index (χ1v) is 6.50. The minimum atomic E-state index is 0.424. The fourth-order valence-corrected chi connectivity index (χ4v) is 2.95. The van der Waals surface area contributed by atoms with Gasteiger partial charge in [-0.2, -0.15) is 0 Å². The van der Waals surface area contributed by atoms with Crippen molar-refractivity contribution in [3.8, 4) is 17.0 Å². The number of ether oxygens (including phenoxy) is 1. The third-order valence-electron chi connectivity index (χ3n) is 2.90. The number of nitrogens with zero attached hydrogens (tertiary/aromatic N) is 2. The van der Waals surface area contributed by atoms with Gasteiger partial charge in [0.1, 0.15) is 16.4 Å². The standard InChI is InChI=1S/C13H13N3OS/c1-17-11-5-3-2-4-9(11)10-8-18-13-7-15-12(6-14)16(10)13/h2-5,7-8H,6,14H2,1H3. The molecule has 18 heavy (non-hydrogen) atoms. The third kappa shape index (κ3) is 1.60. The number of rotatable bonds is 3. The number of fused-ring (bicyclic) bond motifs is 1. The molecule has 0 aliphatic heterocycles. The smallest absolute Gasteiger partial charge is 0.128 e. The van der Waals surface area contributed by atoms with E-state index in [1.54, 1.807) is 18.4 Å². The van der Waals surface area contributed by atoms with Crippen molar-refractivity contribution >= 4 is 16.2 Å². The average Bonchev–Trinajstić information content (AvgIpc) is 2.99. The van der Waals surface area contributed by atoms with Gasteiger partial charge < -0.3 is 10.5 Å². The van der Waals surface area contributed by atoms with Crippen LogP contribution in [0.4, 0.5) is 0 Å². The molecule has 0 bridgehead atoms. The van der Waals surface area contributed by atoms with Crippen LogP contribution in [0.1, 0.15) is 5.82 Å². The Morgan fingerprint density at radius 2 is 2.22 bits per heavy atom. The van der Waals surface area contributed by atoms with Gasteiger partial charge in [-0.1, -0.05) is 12.1 Å². The number of aromatic nitrogens is 2. The summed E-state index contributed by atoms with van der Waals surface area (Å²) >= 11 is 1.65. The van der Waals surface area contributed by atoms with Crippen LogP contribution in [0.5, 0.6) is 5.75 Å². The highest BCUT2D eigenvalue weighted by atomic mass is 32.1. The Labute approximate surface area is 109 Å². The average molecular weight is 259 g/mol. The second-order valence-electron chi connectivity index (χ2n) is 3.87. The fourth-order valence-electron chi connectivity index (χ4n) is 2.07. The highest BCUT2D eigenvalue weighted by molar-refractivity contribution is 7.15. The highest BCUT2D eigenvalue weighted by Gasteiger charge is 2.13. The van der Waals surface area contributed by atoms with E-state index in [0.29, 0.717) is 6.54 Å². The zero-order valence-electron chi connectivity index (χ0n) is 9.96. The molecule has 0 spiro atoms. The molecule has 2 aromatic heterocycles. The summed E-state index contributed by atoms with van der Waals surface area (Å²) < 4.78 is 7.49. The minimum absolute atomic E-state index is 0.424. The molecule has 5 heteroatoms. The van der Waals surface area contributed by atoms with Crippen LogP contribution in [0, 0.1) is 0 Å². The van der Waals surface area contributed by atoms with Crippen LogP contribution in [-0.4, -0.2) is 16.5 Å². The van der Waals surface area contributed by atoms with Gasteiger partial charge >= 0.3 is 0 Å². The largest absolute Gasteiger partial charge is 0.496 e. The molecule has 3 rings (SSSR count). The Hall–Kier alpha value is -1.85. The Balaban J connectivity index is 2.28. The van der Waals surface area contributed by atoms with Gasteiger partial charge in [0, 0.05) is 10.9 Å². The van der Waals surface area contributed by atoms with Crippen molar-refractivity contribution in [2.45, 2.75) is 6.54 Å². The maximum absolute atomic E-state index is 5.73. The maximum Gasteiger partial charge on any atom is 0.128 e. The number of para-hydroxylation sites is 1. The Kier molecular flexibility index (Phi) is 2.77. The number of hydrogen-bond donors (Lipinski definition) is 1. The van der Waals surface area contributed by atoms with Crippen molar-refractivity contribution in [3.63, 3.8) is 0 Å². The van der Waals surface area contributed by atoms with Crippen molar-refractivity contribution in [1.29, 1.82) is 0 Å². The molecule has 0 atom stereocenters. The van der Waals surface area contributed by atoms with Crippen LogP contribution in [-0.2, 0) is 6.54 Å². The van der Waals surface area contributed by atoms with E-state index in [1.807, 2.05) is 30.5 Å². The summed E-state index contributed by atoms with van der Waals surface area (Å²) in [5.41, 5.74) is 7.86. The van der Waals surface area contributed by atoms with Crippen LogP contribution in [0.15, 0.2) is 35.8 Å². The molecule has 92 valence electrons. The molecular weight excluding hydrogens is 246 g/mol. The minimum Gasteiger partial charge on any atom is -0.496 e. The molecule has 0 radical (unpaired) electrons. The molecule has 0 aliphatic carbocycles. The number of nitrogens with two attached hydrogens (primary N) is 1. The molecule has 4 nitrogen and oxygen atoms in total. The molecule has 3 aromatic rings. The maximum atomic E-state index is 5.73. The lowest BCUT2D eigenvalue weighted by atomic mass is 10.1. The van der Waals surface area contributed by atoms with E-state index in [2.05, 4.69) is 14.8 Å². The van der Waals surface area contributed by atoms with Crippen molar-refractivity contribution in [1.82, 2.24) is 9.38 Å². The van der Waals surface area contributed by atoms with E-state index in [1.165, 1.54) is 0 Å². The van der Waals surface area contributed by atoms with Crippen molar-refractivity contribution in [2.75, 3.05) is 7.11 Å². The van der Waals surface area contributed by atoms with Gasteiger partial charge in [-0.05, 0) is 12.1 Å². The summed E-state index contributed by atoms with van der Waals surface area (Å²) in [5.74, 6) is 1.72. The van der Waals surface area contributed by atoms with Crippen LogP contribution in [0.2, 0.25) is 0 Å². The van der Waals surface area contributed by atoms with Gasteiger partial charge in [0.2, 0.25) is 0 Å². The monoisotopic (exact) mass is 259 g/mol. The molecule has 0 fully saturated rings. The van der Waals surface area contributed by atoms with Crippen LogP contribution < -0.4 is 10.5 Å². The van der Waals surface area contributed by atoms with E-state index in [-0.39, 0.29) is 0 Å². The van der Waals surface area contributed by atoms with Gasteiger partial charge in [-0.15, -0.1) is 11.3 Å². The number of imidazole rings is 1. The van der Waals surface area contributed by atoms with Gasteiger partial charge in [0.15, 0.2) is 0 Å². The Morgan fingerprint density at radius 1 is 1.39 bits per heavy atom. The van der Waals surface area contributed by atoms with Crippen molar-refractivity contribution in [2.24, 2.45) is 5.73 Å². The normalized spacial score (nSPS) is 11.0. The number of hydrogen-bond acceptors (Lipinski definition) is 4. The molecule has 0 saturated carbocycles. The highest BCUT2D eigenvalue weighted by Crippen LogP contribution is 2.33. The SMILES string of the molecule is COc1ccccc1-c1csc2cnc(CN)n12. The van der Waals surface area contributed by atoms with E-state index in [9.17, 15) is 0 Å². The molecule has 2 heterocycles. The molecule has 2 N–H and O–H groups in total. The van der Waals surface area contributed by atoms with Gasteiger partial charge in [-0.3, -0.25) is 4.40 Å². The first-order chi connectivity index (χ1) is 8.85. The summed E-state index contributed by atoms with van der Waals surface area (Å²) in [5, 5.41) is 2.11. The Bertz CT molecular complexity index is 686. The predicted molar refractivity (Wildman–Crippen MR) is 72.9 cm³/mol. The quantitative estimate of drug-likeness (QED) is 0.786. The zero-order valence-corrected chi connectivity index (χ0v) is 10.8. The van der Waals surface area contributed by atoms with E-state index in [4.69, 9.17) is 10.5 Å². The van der Waals surface area contributed by atoms with Gasteiger partial charge in [0.25, 0.3) is 0 Å². The molecule has 0 unspecified atom stereocenters. The number of methoxy groups -OCH3 is 1. The fraction of sp³-hybridized carbons (Fsp3) is 0.154. The lowest BCUT2D eigenvalue weighted by Gasteiger charge is -2.08. The Morgan fingerprint density at radius 3 is 3.00 bits per heavy atom. The number of benzene rings is 1. The summed E-state index contributed by atoms with van der Waals surface area (Å²) in [7, 11) is 1.68. The zero-order chi connectivity index (χ0) is 12.5. The van der Waals surface area contributed by atoms with Crippen LogP contribution in [0.25, 0.3) is 16.1 Å². The predicted octanol–water partition coefficient (Wildman–Crippen LogP) is 2.53. The molecule has 0 amide bonds. The third-order valence-corrected chi connectivity index (χ3v) is 3.77. The van der Waals surface area contributed by atoms with E-state index < -0.39 is 0 Å². The topological polar surface area (TPSA) is 52.5 Å². The van der Waals surface area contributed by atoms with Gasteiger partial charge in [-0.25, -0.2) is 4.98 Å². The molecule has 0 aliphatic rings. The first-order valence-electron chi connectivity index (χ1n) is 5.62. The lowest BCUT2D eigenvalue weighted by Crippen LogP contribution is -2.03. The summed E-state index contributed by atoms with van der Waals surface area (Å²) in [6.07, 6.45) is 1.85. The summed E-state index contributed by atoms with van der Waals surface area (Å²) in [6.45, 7) is 0.424. The van der Waals surface area contributed by atoms with Crippen LogP contribution >= 0.6 is 11.3 Å². The van der Waals surface area contributed by atoms with Crippen molar-refractivity contribution < 1.29 is 4.74 Å². The molecular formula is C13H13N3OS. The van der Waals surface area contributed by atoms with E-state index >= 15 is 0 Å².